The number of benzene rings is 1. The van der Waals surface area contributed by atoms with Crippen LogP contribution in [0.3, 0.4) is 0 Å². The van der Waals surface area contributed by atoms with Crippen LogP contribution in [0.5, 0.6) is 5.75 Å². The van der Waals surface area contributed by atoms with Gasteiger partial charge in [0.05, 0.1) is 12.2 Å². The second-order valence-electron chi connectivity index (χ2n) is 6.09. The third kappa shape index (κ3) is 2.67. The molecule has 1 unspecified atom stereocenters. The number of rotatable bonds is 2. The molecule has 1 N–H and O–H groups in total. The predicted octanol–water partition coefficient (Wildman–Crippen LogP) is 3.20. The van der Waals surface area contributed by atoms with Crippen molar-refractivity contribution in [1.29, 1.82) is 0 Å². The summed E-state index contributed by atoms with van der Waals surface area (Å²) < 4.78 is 25.8. The Kier molecular flexibility index (Phi) is 3.69. The molecule has 0 bridgehead atoms. The molecule has 3 rings (SSSR count). The molecule has 4 heteroatoms. The van der Waals surface area contributed by atoms with Crippen molar-refractivity contribution in [2.45, 2.75) is 50.9 Å². The van der Waals surface area contributed by atoms with Crippen molar-refractivity contribution in [2.75, 3.05) is 13.1 Å². The zero-order chi connectivity index (χ0) is 14.2. The van der Waals surface area contributed by atoms with E-state index in [2.05, 4.69) is 5.32 Å². The second-order valence-corrected chi connectivity index (χ2v) is 6.09. The molecule has 1 saturated heterocycles. The van der Waals surface area contributed by atoms with Crippen molar-refractivity contribution in [3.8, 4) is 5.75 Å². The topological polar surface area (TPSA) is 30.5 Å². The van der Waals surface area contributed by atoms with Crippen LogP contribution in [0.2, 0.25) is 0 Å². The van der Waals surface area contributed by atoms with Crippen LogP contribution in [-0.4, -0.2) is 24.8 Å². The summed E-state index contributed by atoms with van der Waals surface area (Å²) in [5.74, 6) is 0.552. The molecule has 110 valence electrons. The Morgan fingerprint density at radius 2 is 2.10 bits per heavy atom. The van der Waals surface area contributed by atoms with Crippen LogP contribution in [-0.2, 0) is 4.74 Å². The van der Waals surface area contributed by atoms with Crippen molar-refractivity contribution in [3.63, 3.8) is 0 Å². The van der Waals surface area contributed by atoms with Crippen LogP contribution in [0.15, 0.2) is 18.2 Å². The molecule has 2 aliphatic rings. The van der Waals surface area contributed by atoms with Gasteiger partial charge in [0, 0.05) is 12.0 Å². The minimum Gasteiger partial charge on any atom is -0.487 e. The highest BCUT2D eigenvalue weighted by molar-refractivity contribution is 5.39. The molecule has 1 spiro atoms. The minimum atomic E-state index is -0.231. The number of halogens is 1. The molecular weight excluding hydrogens is 257 g/mol. The molecule has 1 aromatic rings. The molecule has 0 aromatic heterocycles. The fourth-order valence-electron chi connectivity index (χ4n) is 3.23. The van der Waals surface area contributed by atoms with E-state index in [1.807, 2.05) is 13.8 Å². The van der Waals surface area contributed by atoms with Gasteiger partial charge in [0.2, 0.25) is 0 Å². The van der Waals surface area contributed by atoms with Gasteiger partial charge in [-0.15, -0.1) is 0 Å². The van der Waals surface area contributed by atoms with Crippen LogP contribution < -0.4 is 10.1 Å². The average Bonchev–Trinajstić information content (AvgIpc) is 2.40. The quantitative estimate of drug-likeness (QED) is 0.902. The van der Waals surface area contributed by atoms with Gasteiger partial charge in [-0.05, 0) is 58.0 Å². The summed E-state index contributed by atoms with van der Waals surface area (Å²) in [6, 6.07) is 4.76. The maximum atomic E-state index is 13.5. The van der Waals surface area contributed by atoms with Gasteiger partial charge in [0.25, 0.3) is 0 Å². The lowest BCUT2D eigenvalue weighted by Gasteiger charge is -2.44. The molecule has 3 nitrogen and oxygen atoms in total. The Labute approximate surface area is 119 Å². The van der Waals surface area contributed by atoms with Crippen LogP contribution >= 0.6 is 0 Å². The smallest absolute Gasteiger partial charge is 0.126 e. The molecule has 1 aromatic carbocycles. The van der Waals surface area contributed by atoms with Crippen LogP contribution in [0.4, 0.5) is 4.39 Å². The molecule has 1 atom stereocenters. The first-order valence-corrected chi connectivity index (χ1v) is 7.43. The standard InChI is InChI=1S/C16H22FNO2/c1-11(2)19-15-10-16(5-7-18-8-6-16)20-14-4-3-12(17)9-13(14)15/h3-4,9,11,15,18H,5-8,10H2,1-2H3. The van der Waals surface area contributed by atoms with E-state index in [1.54, 1.807) is 12.1 Å². The number of hydrogen-bond donors (Lipinski definition) is 1. The van der Waals surface area contributed by atoms with Crippen LogP contribution in [0.1, 0.15) is 44.8 Å². The van der Waals surface area contributed by atoms with Crippen LogP contribution in [0, 0.1) is 5.82 Å². The Bertz CT molecular complexity index is 483. The lowest BCUT2D eigenvalue weighted by Crippen LogP contribution is -2.49. The highest BCUT2D eigenvalue weighted by Crippen LogP contribution is 2.45. The zero-order valence-electron chi connectivity index (χ0n) is 12.1. The molecule has 20 heavy (non-hydrogen) atoms. The largest absolute Gasteiger partial charge is 0.487 e. The van der Waals surface area contributed by atoms with E-state index in [-0.39, 0.29) is 23.6 Å². The molecule has 2 aliphatic heterocycles. The van der Waals surface area contributed by atoms with E-state index in [0.29, 0.717) is 0 Å². The van der Waals surface area contributed by atoms with Crippen molar-refractivity contribution in [3.05, 3.63) is 29.6 Å². The highest BCUT2D eigenvalue weighted by Gasteiger charge is 2.42. The van der Waals surface area contributed by atoms with Crippen LogP contribution in [0.25, 0.3) is 0 Å². The minimum absolute atomic E-state index is 0.0763. The molecule has 0 amide bonds. The van der Waals surface area contributed by atoms with Gasteiger partial charge < -0.3 is 14.8 Å². The Morgan fingerprint density at radius 3 is 2.80 bits per heavy atom. The number of fused-ring (bicyclic) bond motifs is 1. The van der Waals surface area contributed by atoms with Gasteiger partial charge in [-0.3, -0.25) is 0 Å². The number of hydrogen-bond acceptors (Lipinski definition) is 3. The molecule has 0 aliphatic carbocycles. The van der Waals surface area contributed by atoms with Gasteiger partial charge >= 0.3 is 0 Å². The first-order valence-electron chi connectivity index (χ1n) is 7.43. The highest BCUT2D eigenvalue weighted by atomic mass is 19.1. The molecule has 1 fully saturated rings. The maximum absolute atomic E-state index is 13.5. The normalized spacial score (nSPS) is 24.5. The molecule has 2 heterocycles. The number of piperidine rings is 1. The number of nitrogens with one attached hydrogen (secondary N) is 1. The van der Waals surface area contributed by atoms with Gasteiger partial charge in [-0.25, -0.2) is 4.39 Å². The number of ether oxygens (including phenoxy) is 2. The zero-order valence-corrected chi connectivity index (χ0v) is 12.1. The van der Waals surface area contributed by atoms with E-state index in [4.69, 9.17) is 9.47 Å². The third-order valence-electron chi connectivity index (χ3n) is 4.15. The Morgan fingerprint density at radius 1 is 1.35 bits per heavy atom. The van der Waals surface area contributed by atoms with Crippen molar-refractivity contribution >= 4 is 0 Å². The lowest BCUT2D eigenvalue weighted by molar-refractivity contribution is -0.0795. The fraction of sp³-hybridized carbons (Fsp3) is 0.625. The van der Waals surface area contributed by atoms with Gasteiger partial charge in [-0.1, -0.05) is 0 Å². The molecule has 0 radical (unpaired) electrons. The summed E-state index contributed by atoms with van der Waals surface area (Å²) in [7, 11) is 0. The average molecular weight is 279 g/mol. The maximum Gasteiger partial charge on any atom is 0.126 e. The van der Waals surface area contributed by atoms with E-state index in [0.717, 1.165) is 43.7 Å². The lowest BCUT2D eigenvalue weighted by atomic mass is 9.82. The van der Waals surface area contributed by atoms with E-state index >= 15 is 0 Å². The Hall–Kier alpha value is -1.13. The summed E-state index contributed by atoms with van der Waals surface area (Å²) in [5.41, 5.74) is 0.693. The van der Waals surface area contributed by atoms with E-state index in [1.165, 1.54) is 6.07 Å². The van der Waals surface area contributed by atoms with Gasteiger partial charge in [-0.2, -0.15) is 0 Å². The Balaban J connectivity index is 1.94. The first kappa shape index (κ1) is 13.8. The van der Waals surface area contributed by atoms with Gasteiger partial charge in [0.15, 0.2) is 0 Å². The van der Waals surface area contributed by atoms with Crippen molar-refractivity contribution in [2.24, 2.45) is 0 Å². The summed E-state index contributed by atoms with van der Waals surface area (Å²) in [6.45, 7) is 5.96. The van der Waals surface area contributed by atoms with Crippen molar-refractivity contribution in [1.82, 2.24) is 5.32 Å². The fourth-order valence-corrected chi connectivity index (χ4v) is 3.23. The summed E-state index contributed by atoms with van der Waals surface area (Å²) in [6.07, 6.45) is 2.80. The van der Waals surface area contributed by atoms with E-state index in [9.17, 15) is 4.39 Å². The van der Waals surface area contributed by atoms with Crippen molar-refractivity contribution < 1.29 is 13.9 Å². The van der Waals surface area contributed by atoms with E-state index < -0.39 is 0 Å². The first-order chi connectivity index (χ1) is 9.58. The summed E-state index contributed by atoms with van der Waals surface area (Å²) >= 11 is 0. The monoisotopic (exact) mass is 279 g/mol. The third-order valence-corrected chi connectivity index (χ3v) is 4.15. The summed E-state index contributed by atoms with van der Waals surface area (Å²) in [4.78, 5) is 0. The SMILES string of the molecule is CC(C)OC1CC2(CCNCC2)Oc2ccc(F)cc21. The summed E-state index contributed by atoms with van der Waals surface area (Å²) in [5, 5.41) is 3.36. The second kappa shape index (κ2) is 5.34. The van der Waals surface area contributed by atoms with Gasteiger partial charge in [0.1, 0.15) is 17.2 Å². The predicted molar refractivity (Wildman–Crippen MR) is 75.4 cm³/mol. The molecule has 0 saturated carbocycles. The molecular formula is C16H22FNO2.